The van der Waals surface area contributed by atoms with Gasteiger partial charge in [0.05, 0.1) is 0 Å². The first-order chi connectivity index (χ1) is 7.65. The number of pyridine rings is 1. The molecule has 0 aromatic carbocycles. The van der Waals surface area contributed by atoms with E-state index in [9.17, 15) is 0 Å². The van der Waals surface area contributed by atoms with Crippen molar-refractivity contribution in [3.05, 3.63) is 29.6 Å². The fourth-order valence-electron chi connectivity index (χ4n) is 1.91. The Morgan fingerprint density at radius 2 is 2.06 bits per heavy atom. The van der Waals surface area contributed by atoms with Gasteiger partial charge < -0.3 is 5.32 Å². The van der Waals surface area contributed by atoms with E-state index in [0.717, 1.165) is 18.8 Å². The Kier molecular flexibility index (Phi) is 5.47. The molecule has 2 nitrogen and oxygen atoms in total. The van der Waals surface area contributed by atoms with Crippen LogP contribution in [0.4, 0.5) is 0 Å². The van der Waals surface area contributed by atoms with Gasteiger partial charge in [0.15, 0.2) is 0 Å². The van der Waals surface area contributed by atoms with Crippen LogP contribution >= 0.6 is 0 Å². The van der Waals surface area contributed by atoms with Crippen LogP contribution in [0.15, 0.2) is 18.3 Å². The molecule has 90 valence electrons. The molecule has 0 spiro atoms. The van der Waals surface area contributed by atoms with Crippen molar-refractivity contribution in [3.63, 3.8) is 0 Å². The first-order valence-electron chi connectivity index (χ1n) is 6.26. The van der Waals surface area contributed by atoms with Gasteiger partial charge in [-0.05, 0) is 37.4 Å². The molecule has 1 heterocycles. The van der Waals surface area contributed by atoms with Crippen LogP contribution in [0, 0.1) is 5.92 Å². The first-order valence-corrected chi connectivity index (χ1v) is 6.26. The smallest absolute Gasteiger partial charge is 0.0419 e. The highest BCUT2D eigenvalue weighted by atomic mass is 14.9. The second-order valence-corrected chi connectivity index (χ2v) is 4.83. The van der Waals surface area contributed by atoms with Gasteiger partial charge in [-0.1, -0.05) is 26.8 Å². The molecule has 0 saturated carbocycles. The summed E-state index contributed by atoms with van der Waals surface area (Å²) in [6.07, 6.45) is 5.29. The van der Waals surface area contributed by atoms with E-state index >= 15 is 0 Å². The van der Waals surface area contributed by atoms with E-state index in [1.807, 2.05) is 13.2 Å². The Morgan fingerprint density at radius 1 is 1.31 bits per heavy atom. The monoisotopic (exact) mass is 220 g/mol. The number of rotatable bonds is 6. The van der Waals surface area contributed by atoms with Crippen molar-refractivity contribution >= 4 is 0 Å². The zero-order valence-corrected chi connectivity index (χ0v) is 11.0. The van der Waals surface area contributed by atoms with Gasteiger partial charge in [-0.2, -0.15) is 0 Å². The molecule has 0 bridgehead atoms. The Hall–Kier alpha value is -0.890. The predicted molar refractivity (Wildman–Crippen MR) is 69.6 cm³/mol. The molecule has 0 aliphatic rings. The molecular weight excluding hydrogens is 196 g/mol. The summed E-state index contributed by atoms with van der Waals surface area (Å²) < 4.78 is 0. The maximum Gasteiger partial charge on any atom is 0.0419 e. The van der Waals surface area contributed by atoms with Gasteiger partial charge in [-0.15, -0.1) is 0 Å². The topological polar surface area (TPSA) is 24.9 Å². The lowest BCUT2D eigenvalue weighted by molar-refractivity contribution is 0.438. The minimum atomic E-state index is 0.542. The standard InChI is InChI=1S/C14H24N2/c1-5-12-6-7-13(16-10-12)9-14(15-4)8-11(2)3/h6-7,10-11,14-15H,5,8-9H2,1-4H3. The number of aryl methyl sites for hydroxylation is 1. The maximum atomic E-state index is 4.50. The van der Waals surface area contributed by atoms with E-state index < -0.39 is 0 Å². The molecule has 1 rings (SSSR count). The molecule has 0 radical (unpaired) electrons. The summed E-state index contributed by atoms with van der Waals surface area (Å²) in [5.41, 5.74) is 2.51. The average Bonchev–Trinajstić information content (AvgIpc) is 2.28. The van der Waals surface area contributed by atoms with Crippen LogP contribution < -0.4 is 5.32 Å². The summed E-state index contributed by atoms with van der Waals surface area (Å²) in [7, 11) is 2.04. The fraction of sp³-hybridized carbons (Fsp3) is 0.643. The van der Waals surface area contributed by atoms with Crippen molar-refractivity contribution in [3.8, 4) is 0 Å². The van der Waals surface area contributed by atoms with Crippen molar-refractivity contribution in [2.24, 2.45) is 5.92 Å². The zero-order chi connectivity index (χ0) is 12.0. The summed E-state index contributed by atoms with van der Waals surface area (Å²) in [6.45, 7) is 6.68. The molecule has 1 unspecified atom stereocenters. The lowest BCUT2D eigenvalue weighted by atomic mass is 9.99. The van der Waals surface area contributed by atoms with Gasteiger partial charge in [0.25, 0.3) is 0 Å². The second-order valence-electron chi connectivity index (χ2n) is 4.83. The van der Waals surface area contributed by atoms with Gasteiger partial charge in [0.2, 0.25) is 0 Å². The van der Waals surface area contributed by atoms with Crippen molar-refractivity contribution in [2.45, 2.75) is 46.1 Å². The summed E-state index contributed by atoms with van der Waals surface area (Å²) in [4.78, 5) is 4.50. The van der Waals surface area contributed by atoms with Crippen molar-refractivity contribution in [1.29, 1.82) is 0 Å². The van der Waals surface area contributed by atoms with Crippen LogP contribution in [0.1, 0.15) is 38.4 Å². The minimum absolute atomic E-state index is 0.542. The molecule has 0 saturated heterocycles. The third-order valence-electron chi connectivity index (χ3n) is 2.91. The van der Waals surface area contributed by atoms with Crippen LogP contribution in [0.25, 0.3) is 0 Å². The lowest BCUT2D eigenvalue weighted by Crippen LogP contribution is -2.29. The van der Waals surface area contributed by atoms with Crippen LogP contribution in [0.3, 0.4) is 0 Å². The largest absolute Gasteiger partial charge is 0.317 e. The van der Waals surface area contributed by atoms with E-state index in [1.165, 1.54) is 17.7 Å². The third-order valence-corrected chi connectivity index (χ3v) is 2.91. The van der Waals surface area contributed by atoms with Crippen molar-refractivity contribution < 1.29 is 0 Å². The van der Waals surface area contributed by atoms with E-state index in [2.05, 4.69) is 43.2 Å². The quantitative estimate of drug-likeness (QED) is 0.797. The van der Waals surface area contributed by atoms with Crippen LogP contribution in [0.5, 0.6) is 0 Å². The molecule has 1 atom stereocenters. The fourth-order valence-corrected chi connectivity index (χ4v) is 1.91. The summed E-state index contributed by atoms with van der Waals surface area (Å²) in [6, 6.07) is 4.88. The molecule has 1 aromatic heterocycles. The molecule has 0 aliphatic heterocycles. The average molecular weight is 220 g/mol. The van der Waals surface area contributed by atoms with Crippen molar-refractivity contribution in [1.82, 2.24) is 10.3 Å². The molecule has 16 heavy (non-hydrogen) atoms. The SMILES string of the molecule is CCc1ccc(CC(CC(C)C)NC)nc1. The molecular formula is C14H24N2. The Labute approximate surface area is 99.5 Å². The number of nitrogens with one attached hydrogen (secondary N) is 1. The number of likely N-dealkylation sites (N-methyl/N-ethyl adjacent to an activating group) is 1. The summed E-state index contributed by atoms with van der Waals surface area (Å²) in [5, 5.41) is 3.37. The van der Waals surface area contributed by atoms with E-state index in [0.29, 0.717) is 6.04 Å². The number of nitrogens with zero attached hydrogens (tertiary/aromatic N) is 1. The second kappa shape index (κ2) is 6.64. The third kappa shape index (κ3) is 4.31. The van der Waals surface area contributed by atoms with E-state index in [-0.39, 0.29) is 0 Å². The summed E-state index contributed by atoms with van der Waals surface area (Å²) >= 11 is 0. The zero-order valence-electron chi connectivity index (χ0n) is 11.0. The number of hydrogen-bond acceptors (Lipinski definition) is 2. The van der Waals surface area contributed by atoms with Gasteiger partial charge in [-0.25, -0.2) is 0 Å². The number of aromatic nitrogens is 1. The number of hydrogen-bond donors (Lipinski definition) is 1. The highest BCUT2D eigenvalue weighted by Crippen LogP contribution is 2.10. The minimum Gasteiger partial charge on any atom is -0.317 e. The molecule has 0 aliphatic carbocycles. The lowest BCUT2D eigenvalue weighted by Gasteiger charge is -2.17. The van der Waals surface area contributed by atoms with Crippen LogP contribution in [-0.2, 0) is 12.8 Å². The molecule has 1 aromatic rings. The van der Waals surface area contributed by atoms with Gasteiger partial charge in [-0.3, -0.25) is 4.98 Å². The van der Waals surface area contributed by atoms with Crippen LogP contribution in [-0.4, -0.2) is 18.1 Å². The Balaban J connectivity index is 2.56. The molecule has 0 amide bonds. The molecule has 2 heteroatoms. The predicted octanol–water partition coefficient (Wildman–Crippen LogP) is 2.82. The van der Waals surface area contributed by atoms with E-state index in [4.69, 9.17) is 0 Å². The van der Waals surface area contributed by atoms with Gasteiger partial charge in [0.1, 0.15) is 0 Å². The summed E-state index contributed by atoms with van der Waals surface area (Å²) in [5.74, 6) is 0.729. The normalized spacial score (nSPS) is 13.1. The molecule has 0 fully saturated rings. The molecule has 1 N–H and O–H groups in total. The first kappa shape index (κ1) is 13.2. The maximum absolute atomic E-state index is 4.50. The Morgan fingerprint density at radius 3 is 2.50 bits per heavy atom. The van der Waals surface area contributed by atoms with Gasteiger partial charge >= 0.3 is 0 Å². The Bertz CT molecular complexity index is 290. The highest BCUT2D eigenvalue weighted by Gasteiger charge is 2.09. The highest BCUT2D eigenvalue weighted by molar-refractivity contribution is 5.14. The van der Waals surface area contributed by atoms with E-state index in [1.54, 1.807) is 0 Å². The van der Waals surface area contributed by atoms with Gasteiger partial charge in [0, 0.05) is 24.4 Å². The van der Waals surface area contributed by atoms with Crippen molar-refractivity contribution in [2.75, 3.05) is 7.05 Å². The van der Waals surface area contributed by atoms with Crippen LogP contribution in [0.2, 0.25) is 0 Å².